The lowest BCUT2D eigenvalue weighted by atomic mass is 9.85. The van der Waals surface area contributed by atoms with E-state index < -0.39 is 55.9 Å². The summed E-state index contributed by atoms with van der Waals surface area (Å²) in [5.74, 6) is -3.96. The maximum atomic E-state index is 13.0. The topological polar surface area (TPSA) is 131 Å². The van der Waals surface area contributed by atoms with Gasteiger partial charge in [0.05, 0.1) is 4.75 Å². The first-order valence-corrected chi connectivity index (χ1v) is 9.42. The number of β-lactam (4-membered cyclic amide) rings is 1. The summed E-state index contributed by atoms with van der Waals surface area (Å²) in [4.78, 5) is 40.6. The number of carboxylic acid groups (broad SMARTS) is 1. The maximum Gasteiger partial charge on any atom is 0.328 e. The molecule has 140 valence electrons. The van der Waals surface area contributed by atoms with Crippen LogP contribution in [0, 0.1) is 5.92 Å². The number of amides is 1. The molecule has 1 aromatic heterocycles. The Bertz CT molecular complexity index is 881. The summed E-state index contributed by atoms with van der Waals surface area (Å²) in [6, 6.07) is 1.64. The lowest BCUT2D eigenvalue weighted by molar-refractivity contribution is -0.175. The van der Waals surface area contributed by atoms with E-state index in [2.05, 4.69) is 4.98 Å². The number of nitrogens with zero attached hydrogens (tertiary/aromatic N) is 2. The molecular formula is C16H18N2O7S. The largest absolute Gasteiger partial charge is 0.480 e. The van der Waals surface area contributed by atoms with Crippen LogP contribution in [0.5, 0.6) is 0 Å². The molecule has 9 nitrogen and oxygen atoms in total. The Kier molecular flexibility index (Phi) is 4.06. The Morgan fingerprint density at radius 2 is 2.04 bits per heavy atom. The number of esters is 1. The lowest BCUT2D eigenvalue weighted by Crippen LogP contribution is -2.65. The number of aliphatic carboxylic acids is 1. The molecule has 0 aliphatic carbocycles. The third kappa shape index (κ3) is 2.32. The molecular weight excluding hydrogens is 364 g/mol. The molecule has 4 atom stereocenters. The Morgan fingerprint density at radius 1 is 1.38 bits per heavy atom. The average molecular weight is 382 g/mol. The van der Waals surface area contributed by atoms with E-state index in [9.17, 15) is 27.9 Å². The summed E-state index contributed by atoms with van der Waals surface area (Å²) in [6.07, 6.45) is 1.71. The van der Waals surface area contributed by atoms with Gasteiger partial charge in [-0.2, -0.15) is 0 Å². The molecule has 1 N–H and O–H groups in total. The van der Waals surface area contributed by atoms with Gasteiger partial charge in [-0.1, -0.05) is 6.07 Å². The molecule has 2 saturated heterocycles. The standard InChI is InChI=1S/C16H18N2O7S/c1-8(19)25-11(9-5-4-6-17-7-9)10-13(20)18-12(15(21)22)16(2,3)26(23,24)14(10)18/h4-7,10-12,14H,1-3H3,(H,21,22)/t10-,11-,12+,14-/m1/s1. The minimum Gasteiger partial charge on any atom is -0.480 e. The molecule has 0 bridgehead atoms. The summed E-state index contributed by atoms with van der Waals surface area (Å²) in [6.45, 7) is 3.72. The highest BCUT2D eigenvalue weighted by Gasteiger charge is 2.73. The van der Waals surface area contributed by atoms with Gasteiger partial charge in [0.25, 0.3) is 0 Å². The summed E-state index contributed by atoms with van der Waals surface area (Å²) in [5.41, 5.74) is 0.368. The van der Waals surface area contributed by atoms with Crippen molar-refractivity contribution in [3.05, 3.63) is 30.1 Å². The van der Waals surface area contributed by atoms with Gasteiger partial charge in [-0.3, -0.25) is 14.6 Å². The van der Waals surface area contributed by atoms with Crippen molar-refractivity contribution in [2.24, 2.45) is 5.92 Å². The van der Waals surface area contributed by atoms with Gasteiger partial charge in [0, 0.05) is 24.9 Å². The number of sulfone groups is 1. The van der Waals surface area contributed by atoms with Gasteiger partial charge >= 0.3 is 11.9 Å². The van der Waals surface area contributed by atoms with E-state index in [0.717, 1.165) is 11.8 Å². The smallest absolute Gasteiger partial charge is 0.328 e. The van der Waals surface area contributed by atoms with Crippen LogP contribution >= 0.6 is 0 Å². The molecule has 0 saturated carbocycles. The monoisotopic (exact) mass is 382 g/mol. The minimum absolute atomic E-state index is 0.368. The fraction of sp³-hybridized carbons (Fsp3) is 0.500. The van der Waals surface area contributed by atoms with E-state index in [1.165, 1.54) is 26.2 Å². The molecule has 2 fully saturated rings. The number of hydrogen-bond acceptors (Lipinski definition) is 7. The van der Waals surface area contributed by atoms with Gasteiger partial charge in [-0.15, -0.1) is 0 Å². The van der Waals surface area contributed by atoms with Crippen LogP contribution in [0.2, 0.25) is 0 Å². The molecule has 3 rings (SSSR count). The van der Waals surface area contributed by atoms with Crippen LogP contribution in [0.4, 0.5) is 0 Å². The first-order valence-electron chi connectivity index (χ1n) is 7.87. The number of rotatable bonds is 4. The van der Waals surface area contributed by atoms with Gasteiger partial charge in [-0.05, 0) is 19.9 Å². The number of fused-ring (bicyclic) bond motifs is 1. The Labute approximate surface area is 149 Å². The molecule has 0 aromatic carbocycles. The Balaban J connectivity index is 2.08. The summed E-state index contributed by atoms with van der Waals surface area (Å²) in [5, 5.41) is 8.09. The number of ether oxygens (including phenoxy) is 1. The van der Waals surface area contributed by atoms with Gasteiger partial charge < -0.3 is 14.7 Å². The van der Waals surface area contributed by atoms with E-state index >= 15 is 0 Å². The first-order chi connectivity index (χ1) is 12.0. The van der Waals surface area contributed by atoms with Gasteiger partial charge in [0.1, 0.15) is 18.1 Å². The normalized spacial score (nSPS) is 29.4. The van der Waals surface area contributed by atoms with Gasteiger partial charge in [0.2, 0.25) is 5.91 Å². The van der Waals surface area contributed by atoms with E-state index in [0.29, 0.717) is 5.56 Å². The number of pyridine rings is 1. The second-order valence-electron chi connectivity index (χ2n) is 6.87. The van der Waals surface area contributed by atoms with Crippen molar-refractivity contribution in [2.75, 3.05) is 0 Å². The van der Waals surface area contributed by atoms with Crippen LogP contribution in [-0.2, 0) is 29.0 Å². The van der Waals surface area contributed by atoms with Crippen LogP contribution < -0.4 is 0 Å². The van der Waals surface area contributed by atoms with Crippen molar-refractivity contribution < 1.29 is 32.6 Å². The lowest BCUT2D eigenvalue weighted by Gasteiger charge is -2.45. The zero-order valence-corrected chi connectivity index (χ0v) is 15.1. The molecule has 10 heteroatoms. The van der Waals surface area contributed by atoms with Crippen LogP contribution in [0.15, 0.2) is 24.5 Å². The molecule has 1 amide bonds. The third-order valence-corrected chi connectivity index (χ3v) is 7.82. The number of aromatic nitrogens is 1. The number of hydrogen-bond donors (Lipinski definition) is 1. The van der Waals surface area contributed by atoms with Crippen molar-refractivity contribution in [1.29, 1.82) is 0 Å². The van der Waals surface area contributed by atoms with Crippen LogP contribution in [-0.4, -0.2) is 57.4 Å². The molecule has 2 aliphatic heterocycles. The summed E-state index contributed by atoms with van der Waals surface area (Å²) < 4.78 is 29.5. The van der Waals surface area contributed by atoms with Gasteiger partial charge in [-0.25, -0.2) is 13.2 Å². The molecule has 0 spiro atoms. The fourth-order valence-electron chi connectivity index (χ4n) is 3.70. The van der Waals surface area contributed by atoms with Crippen molar-refractivity contribution in [2.45, 2.75) is 43.0 Å². The molecule has 1 aromatic rings. The first kappa shape index (κ1) is 18.3. The second kappa shape index (κ2) is 5.76. The van der Waals surface area contributed by atoms with E-state index in [1.807, 2.05) is 0 Å². The van der Waals surface area contributed by atoms with Crippen molar-refractivity contribution >= 4 is 27.7 Å². The Hall–Kier alpha value is -2.49. The highest BCUT2D eigenvalue weighted by molar-refractivity contribution is 7.93. The summed E-state index contributed by atoms with van der Waals surface area (Å²) in [7, 11) is -4.02. The van der Waals surface area contributed by atoms with Crippen LogP contribution in [0.25, 0.3) is 0 Å². The molecule has 2 aliphatic rings. The molecule has 0 radical (unpaired) electrons. The highest BCUT2D eigenvalue weighted by atomic mass is 32.2. The molecule has 3 heterocycles. The second-order valence-corrected chi connectivity index (χ2v) is 9.49. The number of carboxylic acids is 1. The third-order valence-electron chi connectivity index (χ3n) is 4.97. The minimum atomic E-state index is -4.02. The van der Waals surface area contributed by atoms with Gasteiger partial charge in [0.15, 0.2) is 15.2 Å². The summed E-state index contributed by atoms with van der Waals surface area (Å²) >= 11 is 0. The van der Waals surface area contributed by atoms with E-state index in [-0.39, 0.29) is 0 Å². The Morgan fingerprint density at radius 3 is 2.54 bits per heavy atom. The van der Waals surface area contributed by atoms with Crippen molar-refractivity contribution in [1.82, 2.24) is 9.88 Å². The van der Waals surface area contributed by atoms with Crippen molar-refractivity contribution in [3.63, 3.8) is 0 Å². The van der Waals surface area contributed by atoms with Crippen molar-refractivity contribution in [3.8, 4) is 0 Å². The van der Waals surface area contributed by atoms with Crippen LogP contribution in [0.3, 0.4) is 0 Å². The van der Waals surface area contributed by atoms with E-state index in [4.69, 9.17) is 4.74 Å². The molecule has 0 unspecified atom stereocenters. The average Bonchev–Trinajstić information content (AvgIpc) is 2.69. The van der Waals surface area contributed by atoms with E-state index in [1.54, 1.807) is 12.1 Å². The number of carbonyl (C=O) groups is 3. The maximum absolute atomic E-state index is 13.0. The number of carbonyl (C=O) groups excluding carboxylic acids is 2. The van der Waals surface area contributed by atoms with Crippen LogP contribution in [0.1, 0.15) is 32.4 Å². The highest BCUT2D eigenvalue weighted by Crippen LogP contribution is 2.52. The predicted octanol–water partition coefficient (Wildman–Crippen LogP) is 0.131. The predicted molar refractivity (Wildman–Crippen MR) is 87.3 cm³/mol. The fourth-order valence-corrected chi connectivity index (χ4v) is 6.01. The quantitative estimate of drug-likeness (QED) is 0.574. The molecule has 26 heavy (non-hydrogen) atoms. The zero-order chi connectivity index (χ0) is 19.4. The zero-order valence-electron chi connectivity index (χ0n) is 14.3. The SMILES string of the molecule is CC(=O)O[C@H](c1cccnc1)[C@@H]1C(=O)N2[C@@H](C(=O)O)C(C)(C)S(=O)(=O)[C@H]12.